The summed E-state index contributed by atoms with van der Waals surface area (Å²) in [5.74, 6) is -5.51. The van der Waals surface area contributed by atoms with Gasteiger partial charge >= 0.3 is 0 Å². The molecule has 2 N–H and O–H groups in total. The van der Waals surface area contributed by atoms with Crippen LogP contribution in [0, 0.1) is 11.8 Å². The Hall–Kier alpha value is -0.410. The van der Waals surface area contributed by atoms with E-state index in [1.807, 2.05) is 0 Å². The van der Waals surface area contributed by atoms with Crippen molar-refractivity contribution in [3.05, 3.63) is 0 Å². The zero-order valence-electron chi connectivity index (χ0n) is 13.9. The van der Waals surface area contributed by atoms with Crippen LogP contribution in [0.15, 0.2) is 0 Å². The minimum Gasteiger partial charge on any atom is -0.396 e. The average Bonchev–Trinajstić information content (AvgIpc) is 2.43. The number of aliphatic hydroxyl groups is 1. The van der Waals surface area contributed by atoms with Crippen molar-refractivity contribution in [2.24, 2.45) is 11.8 Å². The van der Waals surface area contributed by atoms with Gasteiger partial charge in [0.25, 0.3) is 0 Å². The van der Waals surface area contributed by atoms with Gasteiger partial charge in [-0.1, -0.05) is 7.43 Å². The van der Waals surface area contributed by atoms with Gasteiger partial charge < -0.3 is 5.11 Å². The predicted molar refractivity (Wildman–Crippen MR) is 90.5 cm³/mol. The van der Waals surface area contributed by atoms with Crippen molar-refractivity contribution in [2.75, 3.05) is 19.4 Å². The molecule has 0 spiro atoms. The molecule has 0 amide bonds. The number of rotatable bonds is 4. The smallest absolute Gasteiger partial charge is 0.248 e. The lowest BCUT2D eigenvalue weighted by Gasteiger charge is -2.28. The lowest BCUT2D eigenvalue weighted by Crippen LogP contribution is -2.34. The maximum Gasteiger partial charge on any atom is 0.248 e. The summed E-state index contributed by atoms with van der Waals surface area (Å²) in [6, 6.07) is 0. The van der Waals surface area contributed by atoms with Crippen LogP contribution in [-0.2, 0) is 10.0 Å². The zero-order chi connectivity index (χ0) is 18.4. The third kappa shape index (κ3) is 11.0. The van der Waals surface area contributed by atoms with Gasteiger partial charge in [0, 0.05) is 38.8 Å². The van der Waals surface area contributed by atoms with E-state index >= 15 is 0 Å². The Morgan fingerprint density at radius 3 is 1.80 bits per heavy atom. The van der Waals surface area contributed by atoms with Crippen molar-refractivity contribution in [2.45, 2.75) is 70.6 Å². The molecular weight excluding hydrogens is 362 g/mol. The average molecular weight is 393 g/mol. The Labute approximate surface area is 148 Å². The number of hydrogen-bond acceptors (Lipinski definition) is 3. The van der Waals surface area contributed by atoms with Gasteiger partial charge in [0.05, 0.1) is 6.26 Å². The molecule has 0 bridgehead atoms. The van der Waals surface area contributed by atoms with Crippen molar-refractivity contribution in [1.82, 2.24) is 4.72 Å². The number of nitrogens with one attached hydrogen (secondary N) is 1. The first-order valence-corrected chi connectivity index (χ1v) is 10.1. The highest BCUT2D eigenvalue weighted by Crippen LogP contribution is 2.37. The molecule has 9 heteroatoms. The van der Waals surface area contributed by atoms with E-state index in [1.165, 1.54) is 0 Å². The Morgan fingerprint density at radius 2 is 1.44 bits per heavy atom. The maximum atomic E-state index is 12.9. The number of aliphatic hydroxyl groups excluding tert-OH is 1. The molecule has 152 valence electrons. The van der Waals surface area contributed by atoms with Gasteiger partial charge in [-0.25, -0.2) is 30.7 Å². The molecule has 25 heavy (non-hydrogen) atoms. The van der Waals surface area contributed by atoms with Crippen LogP contribution in [0.1, 0.15) is 58.8 Å². The quantitative estimate of drug-likeness (QED) is 0.714. The maximum absolute atomic E-state index is 12.9. The Bertz CT molecular complexity index is 486. The van der Waals surface area contributed by atoms with E-state index in [2.05, 4.69) is 4.72 Å². The molecule has 0 heterocycles. The second-order valence-corrected chi connectivity index (χ2v) is 8.77. The summed E-state index contributed by atoms with van der Waals surface area (Å²) < 4.78 is 74.6. The molecule has 4 nitrogen and oxygen atoms in total. The highest BCUT2D eigenvalue weighted by Gasteiger charge is 2.36. The van der Waals surface area contributed by atoms with Crippen LogP contribution >= 0.6 is 0 Å². The molecule has 0 aromatic rings. The Morgan fingerprint density at radius 1 is 1.00 bits per heavy atom. The van der Waals surface area contributed by atoms with Gasteiger partial charge in [-0.05, 0) is 37.5 Å². The van der Waals surface area contributed by atoms with Gasteiger partial charge in [0.1, 0.15) is 0 Å². The zero-order valence-corrected chi connectivity index (χ0v) is 14.7. The fraction of sp³-hybridized carbons (Fsp3) is 1.00. The third-order valence-electron chi connectivity index (χ3n) is 4.38. The molecular formula is C16H31F4NO3S. The van der Waals surface area contributed by atoms with Crippen molar-refractivity contribution in [3.63, 3.8) is 0 Å². The Kier molecular flexibility index (Phi) is 9.90. The SMILES string of the molecule is C.CS(=O)(=O)NCC1CCCC(F)(F)C1.OCC1CCCC(F)(F)C1. The normalized spacial score (nSPS) is 28.2. The molecule has 0 aliphatic heterocycles. The topological polar surface area (TPSA) is 66.4 Å². The van der Waals surface area contributed by atoms with Crippen LogP contribution in [0.25, 0.3) is 0 Å². The van der Waals surface area contributed by atoms with E-state index in [0.717, 1.165) is 12.7 Å². The molecule has 0 aromatic carbocycles. The second-order valence-electron chi connectivity index (χ2n) is 6.94. The summed E-state index contributed by atoms with van der Waals surface area (Å²) >= 11 is 0. The van der Waals surface area contributed by atoms with E-state index in [1.54, 1.807) is 0 Å². The fourth-order valence-corrected chi connectivity index (χ4v) is 3.69. The highest BCUT2D eigenvalue weighted by atomic mass is 32.2. The van der Waals surface area contributed by atoms with Gasteiger partial charge in [-0.15, -0.1) is 0 Å². The summed E-state index contributed by atoms with van der Waals surface area (Å²) in [7, 11) is -3.26. The number of alkyl halides is 4. The van der Waals surface area contributed by atoms with Crippen LogP contribution < -0.4 is 4.72 Å². The molecule has 2 aliphatic rings. The molecule has 2 fully saturated rings. The van der Waals surface area contributed by atoms with Crippen LogP contribution in [-0.4, -0.2) is 44.8 Å². The van der Waals surface area contributed by atoms with Gasteiger partial charge in [0.2, 0.25) is 21.9 Å². The third-order valence-corrected chi connectivity index (χ3v) is 5.07. The van der Waals surface area contributed by atoms with E-state index in [-0.39, 0.29) is 58.1 Å². The highest BCUT2D eigenvalue weighted by molar-refractivity contribution is 7.88. The first kappa shape index (κ1) is 24.6. The summed E-state index contributed by atoms with van der Waals surface area (Å²) in [5.41, 5.74) is 0. The first-order chi connectivity index (χ1) is 10.9. The minimum atomic E-state index is -3.26. The van der Waals surface area contributed by atoms with Crippen LogP contribution in [0.3, 0.4) is 0 Å². The van der Waals surface area contributed by atoms with Gasteiger partial charge in [-0.2, -0.15) is 0 Å². The minimum absolute atomic E-state index is 0. The molecule has 0 aromatic heterocycles. The Balaban J connectivity index is 0.000000465. The summed E-state index contributed by atoms with van der Waals surface area (Å²) in [5, 5.41) is 8.59. The van der Waals surface area contributed by atoms with E-state index in [4.69, 9.17) is 5.11 Å². The second kappa shape index (κ2) is 10.1. The van der Waals surface area contributed by atoms with Gasteiger partial charge in [-0.3, -0.25) is 0 Å². The molecule has 2 aliphatic carbocycles. The monoisotopic (exact) mass is 393 g/mol. The molecule has 2 saturated carbocycles. The van der Waals surface area contributed by atoms with E-state index in [9.17, 15) is 26.0 Å². The number of halogens is 4. The first-order valence-electron chi connectivity index (χ1n) is 8.24. The molecule has 0 saturated heterocycles. The van der Waals surface area contributed by atoms with Crippen molar-refractivity contribution < 1.29 is 31.1 Å². The lowest BCUT2D eigenvalue weighted by molar-refractivity contribution is -0.0602. The molecule has 0 radical (unpaired) electrons. The largest absolute Gasteiger partial charge is 0.396 e. The van der Waals surface area contributed by atoms with Crippen molar-refractivity contribution >= 4 is 10.0 Å². The standard InChI is InChI=1S/C8H15F2NO2S.C7H12F2O.CH4/c1-14(12,13)11-6-7-3-2-4-8(9,10)5-7;8-7(9)3-1-2-6(4-7)5-10;/h7,11H,2-6H2,1H3;6,10H,1-5H2;1H4. The summed E-state index contributed by atoms with van der Waals surface area (Å²) in [4.78, 5) is 0. The van der Waals surface area contributed by atoms with Crippen molar-refractivity contribution in [1.29, 1.82) is 0 Å². The molecule has 2 atom stereocenters. The van der Waals surface area contributed by atoms with Crippen LogP contribution in [0.2, 0.25) is 0 Å². The summed E-state index contributed by atoms with van der Waals surface area (Å²) in [6.07, 6.45) is 3.12. The van der Waals surface area contributed by atoms with Crippen LogP contribution in [0.5, 0.6) is 0 Å². The molecule has 2 rings (SSSR count). The fourth-order valence-electron chi connectivity index (χ4n) is 3.15. The number of sulfonamides is 1. The summed E-state index contributed by atoms with van der Waals surface area (Å²) in [6.45, 7) is 0.0456. The van der Waals surface area contributed by atoms with E-state index in [0.29, 0.717) is 19.3 Å². The molecule has 2 unspecified atom stereocenters. The predicted octanol–water partition coefficient (Wildman–Crippen LogP) is 3.80. The van der Waals surface area contributed by atoms with Gasteiger partial charge in [0.15, 0.2) is 0 Å². The van der Waals surface area contributed by atoms with Crippen LogP contribution in [0.4, 0.5) is 17.6 Å². The van der Waals surface area contributed by atoms with Crippen molar-refractivity contribution in [3.8, 4) is 0 Å². The number of hydrogen-bond donors (Lipinski definition) is 2. The lowest BCUT2D eigenvalue weighted by atomic mass is 9.87. The van der Waals surface area contributed by atoms with E-state index < -0.39 is 21.9 Å².